The van der Waals surface area contributed by atoms with Crippen LogP contribution in [0.5, 0.6) is 5.75 Å². The lowest BCUT2D eigenvalue weighted by atomic mass is 9.95. The van der Waals surface area contributed by atoms with E-state index in [2.05, 4.69) is 9.62 Å². The van der Waals surface area contributed by atoms with Gasteiger partial charge in [-0.15, -0.1) is 0 Å². The van der Waals surface area contributed by atoms with Crippen LogP contribution in [0.3, 0.4) is 0 Å². The zero-order valence-corrected chi connectivity index (χ0v) is 16.6. The van der Waals surface area contributed by atoms with Crippen LogP contribution in [0.15, 0.2) is 29.2 Å². The van der Waals surface area contributed by atoms with Crippen LogP contribution in [-0.4, -0.2) is 46.1 Å². The first-order valence-electron chi connectivity index (χ1n) is 9.96. The monoisotopic (exact) mass is 380 g/mol. The summed E-state index contributed by atoms with van der Waals surface area (Å²) in [6.07, 6.45) is 10.3. The SMILES string of the molecule is COc1ccc(S(=O)(=O)NC[C@H]2CCCN(C3CCCCCC3)C2)cc1. The van der Waals surface area contributed by atoms with Gasteiger partial charge in [-0.25, -0.2) is 13.1 Å². The predicted octanol–water partition coefficient (Wildman–Crippen LogP) is 3.41. The summed E-state index contributed by atoms with van der Waals surface area (Å²) in [6, 6.07) is 7.27. The van der Waals surface area contributed by atoms with Gasteiger partial charge in [0.2, 0.25) is 10.0 Å². The minimum Gasteiger partial charge on any atom is -0.497 e. The second-order valence-corrected chi connectivity index (χ2v) is 9.44. The Morgan fingerprint density at radius 3 is 2.38 bits per heavy atom. The average Bonchev–Trinajstić information content (AvgIpc) is 2.96. The van der Waals surface area contributed by atoms with E-state index in [0.717, 1.165) is 13.0 Å². The molecule has 1 aliphatic carbocycles. The van der Waals surface area contributed by atoms with Crippen LogP contribution in [0, 0.1) is 5.92 Å². The van der Waals surface area contributed by atoms with E-state index < -0.39 is 10.0 Å². The summed E-state index contributed by atoms with van der Waals surface area (Å²) in [6.45, 7) is 2.72. The van der Waals surface area contributed by atoms with Crippen LogP contribution in [-0.2, 0) is 10.0 Å². The van der Waals surface area contributed by atoms with Gasteiger partial charge in [0.05, 0.1) is 12.0 Å². The van der Waals surface area contributed by atoms with E-state index >= 15 is 0 Å². The Balaban J connectivity index is 1.54. The third-order valence-corrected chi connectivity index (χ3v) is 7.26. The molecule has 0 bridgehead atoms. The molecular formula is C20H32N2O3S. The summed E-state index contributed by atoms with van der Waals surface area (Å²) in [5.41, 5.74) is 0. The van der Waals surface area contributed by atoms with Gasteiger partial charge in [-0.3, -0.25) is 0 Å². The number of hydrogen-bond acceptors (Lipinski definition) is 4. The summed E-state index contributed by atoms with van der Waals surface area (Å²) < 4.78 is 33.0. The maximum atomic E-state index is 12.5. The lowest BCUT2D eigenvalue weighted by Gasteiger charge is -2.38. The second-order valence-electron chi connectivity index (χ2n) is 7.68. The fraction of sp³-hybridized carbons (Fsp3) is 0.700. The Bertz CT molecular complexity index is 652. The molecule has 1 aliphatic heterocycles. The average molecular weight is 381 g/mol. The molecule has 2 aliphatic rings. The first-order chi connectivity index (χ1) is 12.6. The normalized spacial score (nSPS) is 23.5. The molecule has 2 fully saturated rings. The van der Waals surface area contributed by atoms with E-state index in [1.165, 1.54) is 51.5 Å². The molecule has 1 aromatic carbocycles. The largest absolute Gasteiger partial charge is 0.497 e. The summed E-state index contributed by atoms with van der Waals surface area (Å²) in [5.74, 6) is 1.07. The number of nitrogens with one attached hydrogen (secondary N) is 1. The van der Waals surface area contributed by atoms with Gasteiger partial charge in [0, 0.05) is 19.1 Å². The highest BCUT2D eigenvalue weighted by Crippen LogP contribution is 2.26. The van der Waals surface area contributed by atoms with Crippen molar-refractivity contribution >= 4 is 10.0 Å². The van der Waals surface area contributed by atoms with Crippen LogP contribution in [0.4, 0.5) is 0 Å². The third kappa shape index (κ3) is 5.21. The number of hydrogen-bond donors (Lipinski definition) is 1. The topological polar surface area (TPSA) is 58.6 Å². The Morgan fingerprint density at radius 2 is 1.73 bits per heavy atom. The fourth-order valence-corrected chi connectivity index (χ4v) is 5.40. The van der Waals surface area contributed by atoms with Crippen molar-refractivity contribution in [2.75, 3.05) is 26.7 Å². The van der Waals surface area contributed by atoms with Crippen LogP contribution < -0.4 is 9.46 Å². The molecule has 0 aromatic heterocycles. The maximum Gasteiger partial charge on any atom is 0.240 e. The minimum absolute atomic E-state index is 0.301. The summed E-state index contributed by atoms with van der Waals surface area (Å²) in [4.78, 5) is 2.93. The molecule has 0 radical (unpaired) electrons. The van der Waals surface area contributed by atoms with Gasteiger partial charge in [0.1, 0.15) is 5.75 Å². The number of piperidine rings is 1. The number of rotatable bonds is 6. The Morgan fingerprint density at radius 1 is 1.04 bits per heavy atom. The number of benzene rings is 1. The highest BCUT2D eigenvalue weighted by atomic mass is 32.2. The first kappa shape index (κ1) is 19.6. The third-order valence-electron chi connectivity index (χ3n) is 5.82. The second kappa shape index (κ2) is 9.20. The van der Waals surface area contributed by atoms with Crippen molar-refractivity contribution in [2.45, 2.75) is 62.3 Å². The smallest absolute Gasteiger partial charge is 0.240 e. The molecule has 3 rings (SSSR count). The quantitative estimate of drug-likeness (QED) is 0.769. The summed E-state index contributed by atoms with van der Waals surface area (Å²) in [5, 5.41) is 0. The zero-order chi connectivity index (χ0) is 18.4. The molecular weight excluding hydrogens is 348 g/mol. The van der Waals surface area contributed by atoms with E-state index in [9.17, 15) is 8.42 Å². The van der Waals surface area contributed by atoms with Crippen molar-refractivity contribution in [2.24, 2.45) is 5.92 Å². The number of methoxy groups -OCH3 is 1. The molecule has 6 heteroatoms. The molecule has 0 unspecified atom stereocenters. The van der Waals surface area contributed by atoms with E-state index in [4.69, 9.17) is 4.74 Å². The Labute approximate surface area is 158 Å². The van der Waals surface area contributed by atoms with Crippen molar-refractivity contribution in [3.05, 3.63) is 24.3 Å². The van der Waals surface area contributed by atoms with Crippen LogP contribution in [0.25, 0.3) is 0 Å². The van der Waals surface area contributed by atoms with Gasteiger partial charge in [-0.05, 0) is 62.4 Å². The highest BCUT2D eigenvalue weighted by molar-refractivity contribution is 7.89. The number of likely N-dealkylation sites (tertiary alicyclic amines) is 1. The van der Waals surface area contributed by atoms with Gasteiger partial charge in [0.15, 0.2) is 0 Å². The standard InChI is InChI=1S/C20H32N2O3S/c1-25-19-10-12-20(13-11-19)26(23,24)21-15-17-7-6-14-22(16-17)18-8-4-2-3-5-9-18/h10-13,17-18,21H,2-9,14-16H2,1H3/t17-/m1/s1. The molecule has 1 saturated carbocycles. The first-order valence-corrected chi connectivity index (χ1v) is 11.4. The molecule has 0 amide bonds. The van der Waals surface area contributed by atoms with Gasteiger partial charge < -0.3 is 9.64 Å². The molecule has 1 aromatic rings. The summed E-state index contributed by atoms with van der Waals surface area (Å²) >= 11 is 0. The van der Waals surface area contributed by atoms with Crippen molar-refractivity contribution < 1.29 is 13.2 Å². The fourth-order valence-electron chi connectivity index (χ4n) is 4.28. The van der Waals surface area contributed by atoms with Crippen LogP contribution in [0.1, 0.15) is 51.4 Å². The maximum absolute atomic E-state index is 12.5. The molecule has 1 saturated heterocycles. The van der Waals surface area contributed by atoms with Crippen molar-refractivity contribution in [1.82, 2.24) is 9.62 Å². The molecule has 146 valence electrons. The number of sulfonamides is 1. The van der Waals surface area contributed by atoms with Crippen molar-refractivity contribution in [1.29, 1.82) is 0 Å². The van der Waals surface area contributed by atoms with Crippen molar-refractivity contribution in [3.63, 3.8) is 0 Å². The van der Waals surface area contributed by atoms with Gasteiger partial charge in [0.25, 0.3) is 0 Å². The van der Waals surface area contributed by atoms with Crippen LogP contribution in [0.2, 0.25) is 0 Å². The number of ether oxygens (including phenoxy) is 1. The molecule has 1 atom stereocenters. The van der Waals surface area contributed by atoms with Gasteiger partial charge in [-0.2, -0.15) is 0 Å². The minimum atomic E-state index is -3.46. The molecule has 1 heterocycles. The van der Waals surface area contributed by atoms with E-state index in [1.807, 2.05) is 0 Å². The van der Waals surface area contributed by atoms with E-state index in [0.29, 0.717) is 29.1 Å². The number of nitrogens with zero attached hydrogens (tertiary/aromatic N) is 1. The lowest BCUT2D eigenvalue weighted by molar-refractivity contribution is 0.114. The van der Waals surface area contributed by atoms with Gasteiger partial charge >= 0.3 is 0 Å². The Hall–Kier alpha value is -1.11. The van der Waals surface area contributed by atoms with Crippen molar-refractivity contribution in [3.8, 4) is 5.75 Å². The Kier molecular flexibility index (Phi) is 6.95. The lowest BCUT2D eigenvalue weighted by Crippen LogP contribution is -2.45. The van der Waals surface area contributed by atoms with Crippen LogP contribution >= 0.6 is 0 Å². The highest BCUT2D eigenvalue weighted by Gasteiger charge is 2.27. The van der Waals surface area contributed by atoms with Gasteiger partial charge in [-0.1, -0.05) is 25.7 Å². The zero-order valence-electron chi connectivity index (χ0n) is 15.8. The van der Waals surface area contributed by atoms with E-state index in [-0.39, 0.29) is 0 Å². The predicted molar refractivity (Wildman–Crippen MR) is 104 cm³/mol. The molecule has 0 spiro atoms. The molecule has 26 heavy (non-hydrogen) atoms. The molecule has 1 N–H and O–H groups in total. The summed E-state index contributed by atoms with van der Waals surface area (Å²) in [7, 11) is -1.88. The van der Waals surface area contributed by atoms with E-state index in [1.54, 1.807) is 31.4 Å². The molecule has 5 nitrogen and oxygen atoms in total.